The Morgan fingerprint density at radius 1 is 1.30 bits per heavy atom. The number of benzene rings is 1. The number of non-ortho nitro benzene ring substituents is 1. The van der Waals surface area contributed by atoms with E-state index < -0.39 is 29.2 Å². The number of nitro benzene ring substituents is 1. The minimum Gasteiger partial charge on any atom is -0.333 e. The first-order chi connectivity index (χ1) is 14.1. The average molecular weight is 421 g/mol. The van der Waals surface area contributed by atoms with Crippen molar-refractivity contribution >= 4 is 17.3 Å². The van der Waals surface area contributed by atoms with E-state index in [2.05, 4.69) is 20.6 Å². The van der Waals surface area contributed by atoms with E-state index in [0.29, 0.717) is 11.4 Å². The molecule has 0 radical (unpaired) electrons. The number of amides is 1. The molecule has 0 unspecified atom stereocenters. The molecule has 10 nitrogen and oxygen atoms in total. The number of carbonyl (C=O) groups excluding carboxylic acids is 1. The second-order valence-electron chi connectivity index (χ2n) is 6.06. The van der Waals surface area contributed by atoms with Gasteiger partial charge in [0.15, 0.2) is 11.5 Å². The van der Waals surface area contributed by atoms with Crippen LogP contribution >= 0.6 is 0 Å². The van der Waals surface area contributed by atoms with Gasteiger partial charge in [-0.1, -0.05) is 12.1 Å². The van der Waals surface area contributed by atoms with Crippen molar-refractivity contribution in [2.75, 3.05) is 0 Å². The maximum atomic E-state index is 12.6. The SMILES string of the molecule is Cn1ccnc1/C(=N/NC(=O)Cn1ccc(C(F)(F)F)n1)c1cccc([N+](=O)[O-])c1. The summed E-state index contributed by atoms with van der Waals surface area (Å²) >= 11 is 0. The van der Waals surface area contributed by atoms with Crippen LogP contribution in [0, 0.1) is 10.1 Å². The maximum Gasteiger partial charge on any atom is 0.435 e. The Kier molecular flexibility index (Phi) is 5.62. The van der Waals surface area contributed by atoms with E-state index in [-0.39, 0.29) is 11.4 Å². The predicted molar refractivity (Wildman–Crippen MR) is 97.3 cm³/mol. The van der Waals surface area contributed by atoms with Crippen molar-refractivity contribution < 1.29 is 22.9 Å². The minimum absolute atomic E-state index is 0.135. The van der Waals surface area contributed by atoms with Crippen LogP contribution in [0.15, 0.2) is 54.0 Å². The van der Waals surface area contributed by atoms with Crippen LogP contribution < -0.4 is 5.43 Å². The Balaban J connectivity index is 1.85. The van der Waals surface area contributed by atoms with Crippen LogP contribution in [0.25, 0.3) is 0 Å². The number of aromatic nitrogens is 4. The fourth-order valence-electron chi connectivity index (χ4n) is 2.51. The molecular formula is C17H14F3N7O3. The molecule has 30 heavy (non-hydrogen) atoms. The number of hydrogen-bond acceptors (Lipinski definition) is 6. The summed E-state index contributed by atoms with van der Waals surface area (Å²) in [5, 5.41) is 18.3. The molecule has 156 valence electrons. The molecule has 0 spiro atoms. The number of nitro groups is 1. The number of nitrogens with zero attached hydrogens (tertiary/aromatic N) is 6. The summed E-state index contributed by atoms with van der Waals surface area (Å²) in [7, 11) is 1.67. The van der Waals surface area contributed by atoms with E-state index in [9.17, 15) is 28.1 Å². The van der Waals surface area contributed by atoms with Crippen LogP contribution in [0.5, 0.6) is 0 Å². The molecule has 2 heterocycles. The third-order valence-corrected chi connectivity index (χ3v) is 3.89. The highest BCUT2D eigenvalue weighted by atomic mass is 19.4. The molecule has 2 aromatic heterocycles. The van der Waals surface area contributed by atoms with Gasteiger partial charge in [0.1, 0.15) is 12.3 Å². The lowest BCUT2D eigenvalue weighted by Gasteiger charge is -2.08. The Morgan fingerprint density at radius 3 is 2.67 bits per heavy atom. The molecule has 0 fully saturated rings. The normalized spacial score (nSPS) is 12.1. The summed E-state index contributed by atoms with van der Waals surface area (Å²) in [6.07, 6.45) is -0.502. The van der Waals surface area contributed by atoms with Crippen LogP contribution in [-0.4, -0.2) is 35.9 Å². The minimum atomic E-state index is -4.62. The number of nitrogens with one attached hydrogen (secondary N) is 1. The summed E-state index contributed by atoms with van der Waals surface area (Å²) in [5.74, 6) is -0.432. The molecule has 13 heteroatoms. The van der Waals surface area contributed by atoms with Crippen molar-refractivity contribution in [3.05, 3.63) is 76.1 Å². The lowest BCUT2D eigenvalue weighted by atomic mass is 10.1. The second-order valence-corrected chi connectivity index (χ2v) is 6.06. The van der Waals surface area contributed by atoms with E-state index in [1.807, 2.05) is 0 Å². The topological polar surface area (TPSA) is 120 Å². The predicted octanol–water partition coefficient (Wildman–Crippen LogP) is 2.11. The van der Waals surface area contributed by atoms with Gasteiger partial charge in [-0.25, -0.2) is 10.4 Å². The summed E-state index contributed by atoms with van der Waals surface area (Å²) in [6.45, 7) is -0.512. The first-order valence-corrected chi connectivity index (χ1v) is 8.35. The molecule has 1 aromatic carbocycles. The van der Waals surface area contributed by atoms with Crippen LogP contribution in [-0.2, 0) is 24.6 Å². The number of halogens is 3. The largest absolute Gasteiger partial charge is 0.435 e. The first-order valence-electron chi connectivity index (χ1n) is 8.35. The number of aryl methyl sites for hydroxylation is 1. The van der Waals surface area contributed by atoms with Crippen molar-refractivity contribution in [3.63, 3.8) is 0 Å². The van der Waals surface area contributed by atoms with E-state index in [4.69, 9.17) is 0 Å². The molecule has 1 N–H and O–H groups in total. The highest BCUT2D eigenvalue weighted by Crippen LogP contribution is 2.27. The van der Waals surface area contributed by atoms with Crippen LogP contribution in [0.4, 0.5) is 18.9 Å². The molecule has 0 aliphatic heterocycles. The molecule has 0 atom stereocenters. The fraction of sp³-hybridized carbons (Fsp3) is 0.176. The number of rotatable bonds is 6. The van der Waals surface area contributed by atoms with Crippen molar-refractivity contribution in [1.29, 1.82) is 0 Å². The molecule has 0 saturated heterocycles. The van der Waals surface area contributed by atoms with Gasteiger partial charge in [-0.2, -0.15) is 23.4 Å². The lowest BCUT2D eigenvalue weighted by Crippen LogP contribution is -2.26. The Morgan fingerprint density at radius 2 is 2.07 bits per heavy atom. The molecule has 3 rings (SSSR count). The summed E-state index contributed by atoms with van der Waals surface area (Å²) in [5.41, 5.74) is 1.37. The lowest BCUT2D eigenvalue weighted by molar-refractivity contribution is -0.384. The van der Waals surface area contributed by atoms with Gasteiger partial charge in [-0.05, 0) is 6.07 Å². The number of carbonyl (C=O) groups is 1. The van der Waals surface area contributed by atoms with Crippen molar-refractivity contribution in [3.8, 4) is 0 Å². The fourth-order valence-corrected chi connectivity index (χ4v) is 2.51. The number of imidazole rings is 1. The third-order valence-electron chi connectivity index (χ3n) is 3.89. The highest BCUT2D eigenvalue weighted by molar-refractivity contribution is 6.11. The van der Waals surface area contributed by atoms with Gasteiger partial charge in [0, 0.05) is 43.3 Å². The summed E-state index contributed by atoms with van der Waals surface area (Å²) in [6, 6.07) is 6.32. The third kappa shape index (κ3) is 4.68. The molecule has 0 aliphatic rings. The molecule has 0 saturated carbocycles. The van der Waals surface area contributed by atoms with Gasteiger partial charge in [0.05, 0.1) is 4.92 Å². The van der Waals surface area contributed by atoms with Crippen LogP contribution in [0.3, 0.4) is 0 Å². The average Bonchev–Trinajstić information content (AvgIpc) is 3.31. The monoisotopic (exact) mass is 421 g/mol. The van der Waals surface area contributed by atoms with Crippen molar-refractivity contribution in [2.45, 2.75) is 12.7 Å². The highest BCUT2D eigenvalue weighted by Gasteiger charge is 2.33. The van der Waals surface area contributed by atoms with Gasteiger partial charge in [-0.3, -0.25) is 19.6 Å². The Labute approximate surface area is 166 Å². The quantitative estimate of drug-likeness (QED) is 0.371. The summed E-state index contributed by atoms with van der Waals surface area (Å²) in [4.78, 5) is 26.7. The van der Waals surface area contributed by atoms with Crippen LogP contribution in [0.1, 0.15) is 17.1 Å². The van der Waals surface area contributed by atoms with Crippen LogP contribution in [0.2, 0.25) is 0 Å². The zero-order valence-corrected chi connectivity index (χ0v) is 15.4. The Bertz CT molecular complexity index is 1120. The molecule has 3 aromatic rings. The van der Waals surface area contributed by atoms with E-state index in [0.717, 1.165) is 16.9 Å². The van der Waals surface area contributed by atoms with E-state index in [1.54, 1.807) is 23.9 Å². The molecule has 0 bridgehead atoms. The number of alkyl halides is 3. The Hall–Kier alpha value is -4.03. The zero-order valence-electron chi connectivity index (χ0n) is 15.4. The number of hydrogen-bond donors (Lipinski definition) is 1. The van der Waals surface area contributed by atoms with Crippen molar-refractivity contribution in [2.24, 2.45) is 12.1 Å². The zero-order chi connectivity index (χ0) is 21.9. The smallest absolute Gasteiger partial charge is 0.333 e. The number of hydrazone groups is 1. The van der Waals surface area contributed by atoms with Gasteiger partial charge in [0.2, 0.25) is 0 Å². The standard InChI is InChI=1S/C17H14F3N7O3/c1-25-8-6-21-16(25)15(11-3-2-4-12(9-11)27(29)30)23-22-14(28)10-26-7-5-13(24-26)17(18,19)20/h2-9H,10H2,1H3,(H,22,28)/b23-15+. The van der Waals surface area contributed by atoms with Gasteiger partial charge < -0.3 is 4.57 Å². The second kappa shape index (κ2) is 8.14. The molecular weight excluding hydrogens is 407 g/mol. The van der Waals surface area contributed by atoms with Gasteiger partial charge >= 0.3 is 6.18 Å². The maximum absolute atomic E-state index is 12.6. The van der Waals surface area contributed by atoms with E-state index >= 15 is 0 Å². The van der Waals surface area contributed by atoms with Gasteiger partial charge in [-0.15, -0.1) is 0 Å². The molecule has 1 amide bonds. The van der Waals surface area contributed by atoms with E-state index in [1.165, 1.54) is 24.4 Å². The first kappa shape index (κ1) is 20.7. The van der Waals surface area contributed by atoms with Gasteiger partial charge in [0.25, 0.3) is 11.6 Å². The van der Waals surface area contributed by atoms with Crippen molar-refractivity contribution in [1.82, 2.24) is 24.8 Å². The summed E-state index contributed by atoms with van der Waals surface area (Å²) < 4.78 is 40.2. The molecule has 0 aliphatic carbocycles.